The third kappa shape index (κ3) is 3.54. The number of hydrogen-bond acceptors (Lipinski definition) is 6. The van der Waals surface area contributed by atoms with Crippen LogP contribution in [0, 0.1) is 0 Å². The van der Waals surface area contributed by atoms with Gasteiger partial charge >= 0.3 is 6.03 Å². The van der Waals surface area contributed by atoms with Crippen LogP contribution in [-0.2, 0) is 9.59 Å². The van der Waals surface area contributed by atoms with Gasteiger partial charge in [0.05, 0.1) is 13.3 Å². The molecule has 1 unspecified atom stereocenters. The summed E-state index contributed by atoms with van der Waals surface area (Å²) in [5.41, 5.74) is 3.20. The Kier molecular flexibility index (Phi) is 4.97. The van der Waals surface area contributed by atoms with Gasteiger partial charge in [-0.1, -0.05) is 0 Å². The van der Waals surface area contributed by atoms with E-state index in [9.17, 15) is 14.4 Å². The molecule has 2 aliphatic rings. The molecule has 2 aliphatic heterocycles. The average Bonchev–Trinajstić information content (AvgIpc) is 3.08. The SMILES string of the molecule is COc1ccc(/C=N/NC(=O)C[N+]2=CN=C3C2C(=O)N(C)C(=O)N3C)cc1. The highest BCUT2D eigenvalue weighted by molar-refractivity contribution is 6.21. The number of carbonyl (C=O) groups is 3. The van der Waals surface area contributed by atoms with Crippen LogP contribution in [0.1, 0.15) is 5.56 Å². The molecule has 10 nitrogen and oxygen atoms in total. The Morgan fingerprint density at radius 3 is 2.67 bits per heavy atom. The molecule has 0 spiro atoms. The second-order valence-electron chi connectivity index (χ2n) is 5.98. The van der Waals surface area contributed by atoms with Gasteiger partial charge in [-0.05, 0) is 34.8 Å². The van der Waals surface area contributed by atoms with Crippen LogP contribution >= 0.6 is 0 Å². The van der Waals surface area contributed by atoms with Gasteiger partial charge in [-0.2, -0.15) is 5.10 Å². The zero-order valence-electron chi connectivity index (χ0n) is 15.1. The molecule has 0 aliphatic carbocycles. The number of hydrazone groups is 1. The van der Waals surface area contributed by atoms with Crippen LogP contribution in [0.4, 0.5) is 4.79 Å². The fourth-order valence-corrected chi connectivity index (χ4v) is 2.74. The van der Waals surface area contributed by atoms with Gasteiger partial charge in [0, 0.05) is 14.1 Å². The first kappa shape index (κ1) is 18.2. The number of fused-ring (bicyclic) bond motifs is 1. The third-order valence-electron chi connectivity index (χ3n) is 4.24. The maximum absolute atomic E-state index is 12.4. The van der Waals surface area contributed by atoms with Crippen LogP contribution in [0.3, 0.4) is 0 Å². The van der Waals surface area contributed by atoms with Gasteiger partial charge in [0.1, 0.15) is 5.75 Å². The summed E-state index contributed by atoms with van der Waals surface area (Å²) in [6, 6.07) is 5.90. The van der Waals surface area contributed by atoms with Crippen molar-refractivity contribution in [2.24, 2.45) is 10.1 Å². The molecular formula is C17H19N6O4+. The molecule has 10 heteroatoms. The Hall–Kier alpha value is -3.56. The van der Waals surface area contributed by atoms with E-state index in [1.807, 2.05) is 0 Å². The van der Waals surface area contributed by atoms with E-state index in [-0.39, 0.29) is 6.54 Å². The van der Waals surface area contributed by atoms with Crippen molar-refractivity contribution < 1.29 is 23.7 Å². The van der Waals surface area contributed by atoms with Crippen LogP contribution in [0.2, 0.25) is 0 Å². The predicted molar refractivity (Wildman–Crippen MR) is 97.1 cm³/mol. The van der Waals surface area contributed by atoms with Crippen molar-refractivity contribution in [3.8, 4) is 5.75 Å². The smallest absolute Gasteiger partial charge is 0.333 e. The number of amidine groups is 1. The molecule has 1 N–H and O–H groups in total. The fraction of sp³-hybridized carbons (Fsp3) is 0.294. The number of carbonyl (C=O) groups excluding carboxylic acids is 3. The molecule has 0 aromatic heterocycles. The minimum atomic E-state index is -0.797. The van der Waals surface area contributed by atoms with E-state index >= 15 is 0 Å². The van der Waals surface area contributed by atoms with E-state index in [2.05, 4.69) is 15.5 Å². The third-order valence-corrected chi connectivity index (χ3v) is 4.24. The zero-order chi connectivity index (χ0) is 19.6. The first-order valence-corrected chi connectivity index (χ1v) is 8.10. The standard InChI is InChI=1S/C17H18N6O4/c1-21-15-14(16(25)22(2)17(21)26)23(10-18-15)9-13(24)20-19-8-11-4-6-12(27-3)7-5-11/h4-8,10,14H,9H2,1-3H3/p+1/b19-8+. The van der Waals surface area contributed by atoms with Crippen LogP contribution in [0.5, 0.6) is 5.75 Å². The van der Waals surface area contributed by atoms with Crippen LogP contribution in [0.25, 0.3) is 0 Å². The quantitative estimate of drug-likeness (QED) is 0.427. The Morgan fingerprint density at radius 2 is 2.00 bits per heavy atom. The molecule has 0 radical (unpaired) electrons. The van der Waals surface area contributed by atoms with Crippen molar-refractivity contribution >= 4 is 36.2 Å². The maximum Gasteiger partial charge on any atom is 0.333 e. The Bertz CT molecular complexity index is 874. The maximum atomic E-state index is 12.4. The Morgan fingerprint density at radius 1 is 1.30 bits per heavy atom. The molecule has 4 amide bonds. The number of methoxy groups -OCH3 is 1. The molecule has 2 heterocycles. The van der Waals surface area contributed by atoms with Crippen molar-refractivity contribution in [2.45, 2.75) is 6.04 Å². The summed E-state index contributed by atoms with van der Waals surface area (Å²) in [5.74, 6) is 0.183. The van der Waals surface area contributed by atoms with Gasteiger partial charge in [0.2, 0.25) is 0 Å². The molecule has 3 rings (SSSR count). The lowest BCUT2D eigenvalue weighted by Crippen LogP contribution is -2.61. The number of ether oxygens (including phenoxy) is 1. The van der Waals surface area contributed by atoms with Gasteiger partial charge in [0.15, 0.2) is 6.54 Å². The monoisotopic (exact) mass is 371 g/mol. The fourth-order valence-electron chi connectivity index (χ4n) is 2.74. The highest BCUT2D eigenvalue weighted by Gasteiger charge is 2.50. The van der Waals surface area contributed by atoms with Crippen LogP contribution in [-0.4, -0.2) is 84.4 Å². The number of nitrogens with zero attached hydrogens (tertiary/aromatic N) is 5. The Balaban J connectivity index is 1.59. The van der Waals surface area contributed by atoms with E-state index < -0.39 is 23.9 Å². The van der Waals surface area contributed by atoms with E-state index in [0.29, 0.717) is 5.84 Å². The number of amides is 4. The molecule has 140 valence electrons. The highest BCUT2D eigenvalue weighted by Crippen LogP contribution is 2.16. The largest absolute Gasteiger partial charge is 0.497 e. The van der Waals surface area contributed by atoms with E-state index in [0.717, 1.165) is 16.2 Å². The van der Waals surface area contributed by atoms with Gasteiger partial charge in [-0.25, -0.2) is 14.8 Å². The summed E-state index contributed by atoms with van der Waals surface area (Å²) in [6.45, 7) is -0.126. The van der Waals surface area contributed by atoms with Gasteiger partial charge in [-0.15, -0.1) is 0 Å². The lowest BCUT2D eigenvalue weighted by atomic mass is 10.1. The van der Waals surface area contributed by atoms with Gasteiger partial charge < -0.3 is 4.74 Å². The number of imide groups is 1. The zero-order valence-corrected chi connectivity index (χ0v) is 15.1. The minimum Gasteiger partial charge on any atom is -0.497 e. The normalized spacial score (nSPS) is 19.1. The number of hydrogen-bond donors (Lipinski definition) is 1. The van der Waals surface area contributed by atoms with Crippen molar-refractivity contribution in [2.75, 3.05) is 27.7 Å². The number of aliphatic imine (C=N–C) groups is 1. The van der Waals surface area contributed by atoms with Crippen molar-refractivity contribution in [1.29, 1.82) is 0 Å². The molecule has 27 heavy (non-hydrogen) atoms. The van der Waals surface area contributed by atoms with E-state index in [4.69, 9.17) is 4.74 Å². The van der Waals surface area contributed by atoms with Crippen LogP contribution < -0.4 is 10.2 Å². The topological polar surface area (TPSA) is 107 Å². The van der Waals surface area contributed by atoms with E-state index in [1.165, 1.54) is 36.1 Å². The molecule has 0 saturated carbocycles. The molecule has 1 fully saturated rings. The summed E-state index contributed by atoms with van der Waals surface area (Å²) in [4.78, 5) is 42.8. The summed E-state index contributed by atoms with van der Waals surface area (Å²) < 4.78 is 6.54. The summed E-state index contributed by atoms with van der Waals surface area (Å²) >= 11 is 0. The number of urea groups is 1. The molecule has 1 aromatic rings. The molecular weight excluding hydrogens is 352 g/mol. The Labute approximate surface area is 155 Å². The number of nitrogens with one attached hydrogen (secondary N) is 1. The number of likely N-dealkylation sites (N-methyl/N-ethyl adjacent to an activating group) is 2. The van der Waals surface area contributed by atoms with Crippen molar-refractivity contribution in [3.05, 3.63) is 29.8 Å². The average molecular weight is 371 g/mol. The second-order valence-corrected chi connectivity index (χ2v) is 5.98. The second kappa shape index (κ2) is 7.36. The molecule has 1 aromatic carbocycles. The molecule has 0 bridgehead atoms. The molecule has 1 atom stereocenters. The van der Waals surface area contributed by atoms with Crippen LogP contribution in [0.15, 0.2) is 34.4 Å². The van der Waals surface area contributed by atoms with E-state index in [1.54, 1.807) is 31.4 Å². The predicted octanol–water partition coefficient (Wildman–Crippen LogP) is -0.509. The van der Waals surface area contributed by atoms with Gasteiger partial charge in [0.25, 0.3) is 30.0 Å². The first-order chi connectivity index (χ1) is 12.9. The number of rotatable bonds is 5. The van der Waals surface area contributed by atoms with Crippen molar-refractivity contribution in [3.63, 3.8) is 0 Å². The highest BCUT2D eigenvalue weighted by atomic mass is 16.5. The number of benzene rings is 1. The van der Waals surface area contributed by atoms with Crippen molar-refractivity contribution in [1.82, 2.24) is 15.2 Å². The minimum absolute atomic E-state index is 0.126. The summed E-state index contributed by atoms with van der Waals surface area (Å²) in [6.07, 6.45) is 2.88. The lowest BCUT2D eigenvalue weighted by Gasteiger charge is -2.30. The molecule has 1 saturated heterocycles. The first-order valence-electron chi connectivity index (χ1n) is 8.10. The summed E-state index contributed by atoms with van der Waals surface area (Å²) in [5, 5.41) is 3.90. The van der Waals surface area contributed by atoms with Gasteiger partial charge in [-0.3, -0.25) is 19.4 Å². The lowest BCUT2D eigenvalue weighted by molar-refractivity contribution is -0.519. The summed E-state index contributed by atoms with van der Waals surface area (Å²) in [7, 11) is 4.51.